The molecular weight excluding hydrogens is 807 g/mol. The third-order valence-corrected chi connectivity index (χ3v) is 11.3. The molecule has 7 aromatic carbocycles. The number of hydrogen-bond acceptors (Lipinski definition) is 5. The Labute approximate surface area is 331 Å². The number of hydrogen-bond donors (Lipinski definition) is 2. The average Bonchev–Trinajstić information content (AvgIpc) is 3.66. The van der Waals surface area contributed by atoms with E-state index in [1.165, 1.54) is 15.9 Å². The van der Waals surface area contributed by atoms with Crippen molar-refractivity contribution < 1.29 is 17.8 Å². The van der Waals surface area contributed by atoms with E-state index in [4.69, 9.17) is 12.7 Å². The second kappa shape index (κ2) is 19.5. The first kappa shape index (κ1) is 37.4. The Morgan fingerprint density at radius 1 is 0.604 bits per heavy atom. The first-order valence-corrected chi connectivity index (χ1v) is 19.3. The quantitative estimate of drug-likeness (QED) is 0.0756. The minimum atomic E-state index is -0.446. The van der Waals surface area contributed by atoms with E-state index in [2.05, 4.69) is 133 Å². The topological polar surface area (TPSA) is 78.9 Å². The lowest BCUT2D eigenvalue weighted by atomic mass is 10.0. The van der Waals surface area contributed by atoms with Crippen molar-refractivity contribution in [3.8, 4) is 17.0 Å². The van der Waals surface area contributed by atoms with Crippen molar-refractivity contribution in [3.05, 3.63) is 208 Å². The second-order valence-electron chi connectivity index (χ2n) is 11.4. The molecular formula is C45H39Br2N2O3P. The number of phenolic OH excluding ortho intramolecular Hbond substituents is 1. The van der Waals surface area contributed by atoms with Gasteiger partial charge in [0.2, 0.25) is 0 Å². The van der Waals surface area contributed by atoms with Gasteiger partial charge in [0, 0.05) is 28.6 Å². The first-order valence-electron chi connectivity index (χ1n) is 17.3. The molecule has 53 heavy (non-hydrogen) atoms. The third-order valence-electron chi connectivity index (χ3n) is 7.88. The molecule has 0 spiro atoms. The van der Waals surface area contributed by atoms with E-state index in [1.54, 1.807) is 18.2 Å². The highest BCUT2D eigenvalue weighted by Gasteiger charge is 2.15. The van der Waals surface area contributed by atoms with Gasteiger partial charge in [0.05, 0.1) is 5.39 Å². The Balaban J connectivity index is 0.000000178. The molecule has 1 heterocycles. The molecule has 5 nitrogen and oxygen atoms in total. The van der Waals surface area contributed by atoms with Crippen molar-refractivity contribution in [2.75, 3.05) is 0 Å². The molecule has 0 atom stereocenters. The molecule has 8 heteroatoms. The van der Waals surface area contributed by atoms with E-state index in [1.807, 2.05) is 78.9 Å². The zero-order chi connectivity index (χ0) is 38.1. The standard InChI is InChI=1S/C18H15P.C13H10BrNO2.C13H8BrNO.CH4.H2/c1-4-10-16(11-5-1)19(17-12-6-2-7-13-17)18-14-8-3-9-15-18;14-10-6-7-12(16)11(8-10)13(15-17)9-4-2-1-3-5-9;14-10-6-7-12-11(8-10)13(15-16-12)9-4-2-1-3-5-9;;/h1-15H;1-8,16-17H;1-8H;1H4;1H/b;15-13+;;;/i;;;;1+1D. The molecule has 0 aliphatic carbocycles. The van der Waals surface area contributed by atoms with Gasteiger partial charge in [-0.15, -0.1) is 0 Å². The minimum Gasteiger partial charge on any atom is -0.507 e. The Kier molecular flexibility index (Phi) is 13.8. The van der Waals surface area contributed by atoms with Crippen LogP contribution in [0.3, 0.4) is 0 Å². The molecule has 0 amide bonds. The first-order chi connectivity index (χ1) is 26.5. The van der Waals surface area contributed by atoms with E-state index < -0.39 is 7.92 Å². The number of rotatable bonds is 6. The van der Waals surface area contributed by atoms with Crippen LogP contribution in [0.25, 0.3) is 22.2 Å². The maximum absolute atomic E-state index is 9.79. The average molecular weight is 849 g/mol. The monoisotopic (exact) mass is 846 g/mol. The SMILES string of the molecule is Brc1ccc2onc(-c3ccccc3)c2c1.C.O/N=C(\c1ccccc1)c1cc(Br)ccc1O.[2H][2H].c1ccc(P(c2ccccc2)c2ccccc2)cc1. The normalized spacial score (nSPS) is 10.9. The Morgan fingerprint density at radius 2 is 1.06 bits per heavy atom. The summed E-state index contributed by atoms with van der Waals surface area (Å²) in [5, 5.41) is 31.5. The lowest BCUT2D eigenvalue weighted by Crippen LogP contribution is -2.20. The molecule has 0 bridgehead atoms. The number of fused-ring (bicyclic) bond motifs is 1. The number of halogens is 2. The van der Waals surface area contributed by atoms with Crippen LogP contribution in [0.15, 0.2) is 207 Å². The summed E-state index contributed by atoms with van der Waals surface area (Å²) in [6, 6.07) is 62.4. The van der Waals surface area contributed by atoms with Crippen molar-refractivity contribution in [1.82, 2.24) is 5.16 Å². The van der Waals surface area contributed by atoms with Crippen molar-refractivity contribution in [2.24, 2.45) is 5.16 Å². The lowest BCUT2D eigenvalue weighted by Gasteiger charge is -2.18. The van der Waals surface area contributed by atoms with Gasteiger partial charge in [0.25, 0.3) is 0 Å². The van der Waals surface area contributed by atoms with Gasteiger partial charge in [-0.2, -0.15) is 0 Å². The Morgan fingerprint density at radius 3 is 1.57 bits per heavy atom. The van der Waals surface area contributed by atoms with Gasteiger partial charge in [-0.1, -0.05) is 201 Å². The van der Waals surface area contributed by atoms with Crippen molar-refractivity contribution in [3.63, 3.8) is 0 Å². The molecule has 2 N–H and O–H groups in total. The fourth-order valence-electron chi connectivity index (χ4n) is 5.45. The molecule has 0 aliphatic heterocycles. The largest absolute Gasteiger partial charge is 0.507 e. The van der Waals surface area contributed by atoms with Crippen LogP contribution in [-0.2, 0) is 0 Å². The van der Waals surface area contributed by atoms with Crippen molar-refractivity contribution >= 4 is 72.4 Å². The van der Waals surface area contributed by atoms with Gasteiger partial charge in [-0.05, 0) is 60.2 Å². The fraction of sp³-hybridized carbons (Fsp3) is 0.0222. The summed E-state index contributed by atoms with van der Waals surface area (Å²) >= 11 is 6.77. The van der Waals surface area contributed by atoms with Gasteiger partial charge in [-0.3, -0.25) is 0 Å². The summed E-state index contributed by atoms with van der Waals surface area (Å²) in [6.45, 7) is 0. The molecule has 0 saturated carbocycles. The smallest absolute Gasteiger partial charge is 0.167 e. The van der Waals surface area contributed by atoms with Crippen LogP contribution in [0, 0.1) is 0 Å². The van der Waals surface area contributed by atoms with E-state index in [-0.39, 0.29) is 13.2 Å². The predicted molar refractivity (Wildman–Crippen MR) is 231 cm³/mol. The number of benzene rings is 7. The van der Waals surface area contributed by atoms with Crippen LogP contribution in [-0.4, -0.2) is 21.2 Å². The number of nitrogens with zero attached hydrogens (tertiary/aromatic N) is 2. The summed E-state index contributed by atoms with van der Waals surface area (Å²) in [4.78, 5) is 0. The maximum atomic E-state index is 9.79. The molecule has 8 rings (SSSR count). The third kappa shape index (κ3) is 10.2. The number of phenols is 1. The molecule has 8 aromatic rings. The highest BCUT2D eigenvalue weighted by molar-refractivity contribution is 9.10. The molecule has 0 fully saturated rings. The summed E-state index contributed by atoms with van der Waals surface area (Å²) in [7, 11) is -0.446. The molecule has 266 valence electrons. The predicted octanol–water partition coefficient (Wildman–Crippen LogP) is 12.0. The Hall–Kier alpha value is -5.33. The summed E-state index contributed by atoms with van der Waals surface area (Å²) < 4.78 is 17.1. The zero-order valence-corrected chi connectivity index (χ0v) is 31.9. The number of aromatic hydroxyl groups is 1. The van der Waals surface area contributed by atoms with Crippen LogP contribution in [0.4, 0.5) is 0 Å². The van der Waals surface area contributed by atoms with Gasteiger partial charge in [0.1, 0.15) is 17.2 Å². The molecule has 0 unspecified atom stereocenters. The highest BCUT2D eigenvalue weighted by atomic mass is 79.9. The lowest BCUT2D eigenvalue weighted by molar-refractivity contribution is 0.319. The van der Waals surface area contributed by atoms with E-state index in [0.29, 0.717) is 11.3 Å². The van der Waals surface area contributed by atoms with Gasteiger partial charge in [0.15, 0.2) is 5.58 Å². The maximum Gasteiger partial charge on any atom is 0.167 e. The van der Waals surface area contributed by atoms with Gasteiger partial charge in [-0.25, -0.2) is 0 Å². The van der Waals surface area contributed by atoms with Crippen LogP contribution < -0.4 is 15.9 Å². The van der Waals surface area contributed by atoms with Crippen LogP contribution in [0.5, 0.6) is 5.75 Å². The Bertz CT molecular complexity index is 2260. The van der Waals surface area contributed by atoms with Crippen molar-refractivity contribution in [2.45, 2.75) is 7.43 Å². The zero-order valence-electron chi connectivity index (χ0n) is 29.8. The number of oxime groups is 1. The van der Waals surface area contributed by atoms with Crippen LogP contribution in [0.1, 0.15) is 21.5 Å². The molecule has 1 aromatic heterocycles. The van der Waals surface area contributed by atoms with E-state index in [0.717, 1.165) is 36.7 Å². The molecule has 0 saturated heterocycles. The van der Waals surface area contributed by atoms with E-state index >= 15 is 0 Å². The summed E-state index contributed by atoms with van der Waals surface area (Å²) in [5.74, 6) is 0.0739. The number of aromatic nitrogens is 1. The minimum absolute atomic E-state index is 0. The molecule has 0 aliphatic rings. The molecule has 0 radical (unpaired) electrons. The van der Waals surface area contributed by atoms with Gasteiger partial charge >= 0.3 is 0 Å². The van der Waals surface area contributed by atoms with E-state index in [9.17, 15) is 5.11 Å². The second-order valence-corrected chi connectivity index (χ2v) is 15.4. The highest BCUT2D eigenvalue weighted by Crippen LogP contribution is 2.32. The van der Waals surface area contributed by atoms with Gasteiger partial charge < -0.3 is 14.8 Å². The van der Waals surface area contributed by atoms with Crippen LogP contribution in [0.2, 0.25) is 0 Å². The summed E-state index contributed by atoms with van der Waals surface area (Å²) in [6.07, 6.45) is 0. The summed E-state index contributed by atoms with van der Waals surface area (Å²) in [5.41, 5.74) is 4.32. The van der Waals surface area contributed by atoms with Crippen molar-refractivity contribution in [1.29, 1.82) is 0 Å². The fourth-order valence-corrected chi connectivity index (χ4v) is 8.48. The van der Waals surface area contributed by atoms with Crippen LogP contribution >= 0.6 is 39.8 Å².